The zero-order chi connectivity index (χ0) is 23.6. The number of fused-ring (bicyclic) bond motifs is 7. The van der Waals surface area contributed by atoms with E-state index in [4.69, 9.17) is 0 Å². The van der Waals surface area contributed by atoms with E-state index in [2.05, 4.69) is 127 Å². The molecular weight excluding hydrogens is 442 g/mol. The van der Waals surface area contributed by atoms with Crippen molar-refractivity contribution in [3.63, 3.8) is 0 Å². The topological polar surface area (TPSA) is 48.5 Å². The molecule has 0 spiro atoms. The van der Waals surface area contributed by atoms with Gasteiger partial charge in [-0.1, -0.05) is 60.7 Å². The number of para-hydroxylation sites is 2. The molecule has 3 aromatic heterocycles. The molecule has 168 valence electrons. The molecule has 5 heteroatoms. The molecule has 36 heavy (non-hydrogen) atoms. The van der Waals surface area contributed by atoms with E-state index in [0.29, 0.717) is 5.95 Å². The van der Waals surface area contributed by atoms with E-state index in [1.807, 2.05) is 0 Å². The molecule has 0 amide bonds. The molecule has 0 bridgehead atoms. The van der Waals surface area contributed by atoms with Crippen molar-refractivity contribution < 1.29 is 0 Å². The molecule has 0 N–H and O–H groups in total. The van der Waals surface area contributed by atoms with Crippen molar-refractivity contribution in [1.29, 1.82) is 0 Å². The highest BCUT2D eigenvalue weighted by Crippen LogP contribution is 2.40. The van der Waals surface area contributed by atoms with Crippen LogP contribution in [0, 0.1) is 0 Å². The number of hydrogen-bond donors (Lipinski definition) is 0. The highest BCUT2D eigenvalue weighted by Gasteiger charge is 2.19. The molecule has 8 aromatic rings. The smallest absolute Gasteiger partial charge is 0.237 e. The molecule has 5 nitrogen and oxygen atoms in total. The predicted molar refractivity (Wildman–Crippen MR) is 146 cm³/mol. The van der Waals surface area contributed by atoms with Gasteiger partial charge in [0.25, 0.3) is 0 Å². The molecule has 0 saturated heterocycles. The molecule has 0 atom stereocenters. The number of rotatable bonds is 2. The Bertz CT molecular complexity index is 2090. The molecule has 0 aliphatic heterocycles. The summed E-state index contributed by atoms with van der Waals surface area (Å²) in [5, 5.41) is 7.16. The van der Waals surface area contributed by atoms with Crippen LogP contribution in [0.4, 0.5) is 0 Å². The zero-order valence-electron chi connectivity index (χ0n) is 19.2. The van der Waals surface area contributed by atoms with Crippen molar-refractivity contribution in [3.05, 3.63) is 116 Å². The molecule has 0 unspecified atom stereocenters. The first-order chi connectivity index (χ1) is 17.9. The van der Waals surface area contributed by atoms with Crippen molar-refractivity contribution in [2.24, 2.45) is 0 Å². The Balaban J connectivity index is 1.61. The summed E-state index contributed by atoms with van der Waals surface area (Å²) in [7, 11) is 0. The lowest BCUT2D eigenvalue weighted by Crippen LogP contribution is -2.00. The first kappa shape index (κ1) is 19.3. The minimum Gasteiger partial charge on any atom is -0.309 e. The highest BCUT2D eigenvalue weighted by molar-refractivity contribution is 6.20. The third-order valence-electron chi connectivity index (χ3n) is 7.12. The molecule has 0 aliphatic carbocycles. The van der Waals surface area contributed by atoms with E-state index in [0.717, 1.165) is 16.7 Å². The Kier molecular flexibility index (Phi) is 3.88. The van der Waals surface area contributed by atoms with Gasteiger partial charge in [0.15, 0.2) is 0 Å². The lowest BCUT2D eigenvalue weighted by molar-refractivity contribution is 0.940. The Morgan fingerprint density at radius 3 is 1.83 bits per heavy atom. The predicted octanol–water partition coefficient (Wildman–Crippen LogP) is 7.22. The summed E-state index contributed by atoms with van der Waals surface area (Å²) in [4.78, 5) is 13.1. The van der Waals surface area contributed by atoms with Crippen molar-refractivity contribution in [3.8, 4) is 11.6 Å². The van der Waals surface area contributed by atoms with Crippen LogP contribution < -0.4 is 0 Å². The summed E-state index contributed by atoms with van der Waals surface area (Å²) in [6.07, 6.45) is 3.11. The second-order valence-electron chi connectivity index (χ2n) is 9.06. The van der Waals surface area contributed by atoms with Gasteiger partial charge in [-0.05, 0) is 53.2 Å². The van der Waals surface area contributed by atoms with E-state index in [-0.39, 0.29) is 0 Å². The Morgan fingerprint density at radius 2 is 1.03 bits per heavy atom. The third kappa shape index (κ3) is 2.62. The van der Waals surface area contributed by atoms with Crippen LogP contribution in [0.15, 0.2) is 116 Å². The third-order valence-corrected chi connectivity index (χ3v) is 7.12. The first-order valence-corrected chi connectivity index (χ1v) is 11.9. The molecule has 0 radical (unpaired) electrons. The fraction of sp³-hybridized carbons (Fsp3) is 0. The van der Waals surface area contributed by atoms with E-state index in [1.165, 1.54) is 43.4 Å². The summed E-state index contributed by atoms with van der Waals surface area (Å²) >= 11 is 0. The second kappa shape index (κ2) is 7.23. The summed E-state index contributed by atoms with van der Waals surface area (Å²) in [5.74, 6) is 0.617. The van der Waals surface area contributed by atoms with Gasteiger partial charge in [0, 0.05) is 27.2 Å². The quantitative estimate of drug-likeness (QED) is 0.273. The molecular formula is C31H19N5. The molecule has 0 aliphatic rings. The Labute approximate surface area is 205 Å². The summed E-state index contributed by atoms with van der Waals surface area (Å²) in [5.41, 5.74) is 5.67. The van der Waals surface area contributed by atoms with Gasteiger partial charge in [-0.3, -0.25) is 4.57 Å². The van der Waals surface area contributed by atoms with Crippen LogP contribution in [0.2, 0.25) is 0 Å². The monoisotopic (exact) mass is 461 g/mol. The van der Waals surface area contributed by atoms with Crippen molar-refractivity contribution >= 4 is 54.4 Å². The van der Waals surface area contributed by atoms with Crippen LogP contribution in [0.25, 0.3) is 66.0 Å². The molecule has 8 rings (SSSR count). The van der Waals surface area contributed by atoms with Gasteiger partial charge in [-0.2, -0.15) is 0 Å². The minimum absolute atomic E-state index is 0.617. The maximum Gasteiger partial charge on any atom is 0.237 e. The van der Waals surface area contributed by atoms with Gasteiger partial charge in [0.1, 0.15) is 12.7 Å². The van der Waals surface area contributed by atoms with Crippen LogP contribution >= 0.6 is 0 Å². The van der Waals surface area contributed by atoms with E-state index in [9.17, 15) is 0 Å². The largest absolute Gasteiger partial charge is 0.309 e. The molecule has 0 saturated carbocycles. The second-order valence-corrected chi connectivity index (χ2v) is 9.06. The van der Waals surface area contributed by atoms with Gasteiger partial charge in [0.05, 0.1) is 22.1 Å². The first-order valence-electron chi connectivity index (χ1n) is 11.9. The summed E-state index contributed by atoms with van der Waals surface area (Å²) in [6, 6.07) is 36.8. The van der Waals surface area contributed by atoms with Gasteiger partial charge in [0.2, 0.25) is 5.95 Å². The molecule has 3 heterocycles. The number of nitrogens with zero attached hydrogens (tertiary/aromatic N) is 5. The minimum atomic E-state index is 0.617. The maximum atomic E-state index is 4.53. The van der Waals surface area contributed by atoms with Crippen LogP contribution in [0.5, 0.6) is 0 Å². The molecule has 0 fully saturated rings. The summed E-state index contributed by atoms with van der Waals surface area (Å²) in [6.45, 7) is 0. The molecule has 5 aromatic carbocycles. The van der Waals surface area contributed by atoms with Gasteiger partial charge in [-0.25, -0.2) is 15.0 Å². The highest BCUT2D eigenvalue weighted by atomic mass is 15.2. The average molecular weight is 462 g/mol. The van der Waals surface area contributed by atoms with Gasteiger partial charge in [-0.15, -0.1) is 0 Å². The van der Waals surface area contributed by atoms with Crippen molar-refractivity contribution in [2.45, 2.75) is 0 Å². The lowest BCUT2D eigenvalue weighted by Gasteiger charge is -2.08. The summed E-state index contributed by atoms with van der Waals surface area (Å²) < 4.78 is 4.52. The zero-order valence-corrected chi connectivity index (χ0v) is 19.2. The van der Waals surface area contributed by atoms with Crippen LogP contribution in [0.3, 0.4) is 0 Å². The number of aromatic nitrogens is 5. The number of benzene rings is 5. The Hall–Kier alpha value is -5.03. The standard InChI is InChI=1S/C31H19N5/c1-2-10-22(11-3-1)35-27-13-7-6-12-23(27)25-16-30-26(17-29(25)35)24-14-20-8-4-5-9-21(20)15-28(24)36(30)31-33-18-32-19-34-31/h1-19H. The lowest BCUT2D eigenvalue weighted by atomic mass is 10.1. The Morgan fingerprint density at radius 1 is 0.444 bits per heavy atom. The van der Waals surface area contributed by atoms with Crippen molar-refractivity contribution in [1.82, 2.24) is 24.1 Å². The van der Waals surface area contributed by atoms with Crippen molar-refractivity contribution in [2.75, 3.05) is 0 Å². The van der Waals surface area contributed by atoms with Gasteiger partial charge >= 0.3 is 0 Å². The van der Waals surface area contributed by atoms with Gasteiger partial charge < -0.3 is 4.57 Å². The SMILES string of the molecule is c1ccc(-n2c3ccccc3c3cc4c(cc32)c2cc3ccccc3cc2n4-c2ncncn2)cc1. The maximum absolute atomic E-state index is 4.53. The van der Waals surface area contributed by atoms with E-state index in [1.54, 1.807) is 12.7 Å². The van der Waals surface area contributed by atoms with E-state index >= 15 is 0 Å². The fourth-order valence-corrected chi connectivity index (χ4v) is 5.58. The van der Waals surface area contributed by atoms with Crippen LogP contribution in [0.1, 0.15) is 0 Å². The normalized spacial score (nSPS) is 11.9. The average Bonchev–Trinajstić information content (AvgIpc) is 3.43. The van der Waals surface area contributed by atoms with E-state index < -0.39 is 0 Å². The van der Waals surface area contributed by atoms with Crippen LogP contribution in [-0.4, -0.2) is 24.1 Å². The number of hydrogen-bond acceptors (Lipinski definition) is 3. The van der Waals surface area contributed by atoms with Crippen LogP contribution in [-0.2, 0) is 0 Å². The fourth-order valence-electron chi connectivity index (χ4n) is 5.58.